The molecule has 0 aromatic rings. The molecule has 5 rings (SSSR count). The fraction of sp³-hybridized carbons (Fsp3) is 0.414. The van der Waals surface area contributed by atoms with Crippen LogP contribution in [0, 0.1) is 29.6 Å². The van der Waals surface area contributed by atoms with Crippen molar-refractivity contribution >= 4 is 6.21 Å². The Morgan fingerprint density at radius 1 is 1.13 bits per heavy atom. The first-order valence-corrected chi connectivity index (χ1v) is 11.8. The zero-order valence-electron chi connectivity index (χ0n) is 19.0. The summed E-state index contributed by atoms with van der Waals surface area (Å²) in [5, 5.41) is 0. The molecule has 0 bridgehead atoms. The van der Waals surface area contributed by atoms with Crippen LogP contribution in [0.2, 0.25) is 0 Å². The highest BCUT2D eigenvalue weighted by Gasteiger charge is 2.43. The molecular weight excluding hydrogens is 376 g/mol. The smallest absolute Gasteiger partial charge is 0.0401 e. The van der Waals surface area contributed by atoms with E-state index in [1.165, 1.54) is 29.7 Å². The second kappa shape index (κ2) is 8.49. The molecule has 0 aliphatic heterocycles. The van der Waals surface area contributed by atoms with E-state index in [9.17, 15) is 0 Å². The van der Waals surface area contributed by atoms with E-state index in [0.29, 0.717) is 17.8 Å². The quantitative estimate of drug-likeness (QED) is 0.475. The maximum absolute atomic E-state index is 4.21. The van der Waals surface area contributed by atoms with Gasteiger partial charge < -0.3 is 4.90 Å². The highest BCUT2D eigenvalue weighted by Crippen LogP contribution is 2.53. The Morgan fingerprint density at radius 3 is 2.84 bits per heavy atom. The van der Waals surface area contributed by atoms with Gasteiger partial charge in [0.2, 0.25) is 0 Å². The Labute approximate surface area is 187 Å². The molecule has 2 unspecified atom stereocenters. The minimum Gasteiger partial charge on any atom is -0.367 e. The molecule has 0 aromatic carbocycles. The first-order valence-electron chi connectivity index (χ1n) is 11.8. The number of rotatable bonds is 6. The molecule has 2 heteroatoms. The van der Waals surface area contributed by atoms with Gasteiger partial charge in [-0.2, -0.15) is 0 Å². The number of allylic oxidation sites excluding steroid dienone is 14. The van der Waals surface area contributed by atoms with E-state index < -0.39 is 0 Å². The third-order valence-corrected chi connectivity index (χ3v) is 7.48. The molecule has 0 N–H and O–H groups in total. The first-order chi connectivity index (χ1) is 15.1. The molecular formula is C29H34N2. The maximum Gasteiger partial charge on any atom is 0.0401 e. The van der Waals surface area contributed by atoms with Crippen molar-refractivity contribution in [3.8, 4) is 0 Å². The molecule has 1 fully saturated rings. The van der Waals surface area contributed by atoms with Crippen molar-refractivity contribution in [3.63, 3.8) is 0 Å². The molecule has 0 spiro atoms. The number of aliphatic imine (C=N–C) groups is 1. The van der Waals surface area contributed by atoms with Gasteiger partial charge in [0.05, 0.1) is 0 Å². The molecule has 0 heterocycles. The minimum absolute atomic E-state index is 0.480. The van der Waals surface area contributed by atoms with Crippen LogP contribution in [0.15, 0.2) is 99.8 Å². The van der Waals surface area contributed by atoms with E-state index in [1.807, 2.05) is 13.3 Å². The minimum atomic E-state index is 0.480. The Hall–Kier alpha value is -2.61. The number of hydrogen-bond donors (Lipinski definition) is 0. The summed E-state index contributed by atoms with van der Waals surface area (Å²) in [4.78, 5) is 6.79. The highest BCUT2D eigenvalue weighted by atomic mass is 15.1. The van der Waals surface area contributed by atoms with Gasteiger partial charge in [0, 0.05) is 43.9 Å². The van der Waals surface area contributed by atoms with Crippen molar-refractivity contribution in [2.75, 3.05) is 20.1 Å². The molecule has 0 aromatic heterocycles. The van der Waals surface area contributed by atoms with Gasteiger partial charge in [-0.3, -0.25) is 4.99 Å². The van der Waals surface area contributed by atoms with Crippen LogP contribution in [0.1, 0.15) is 26.7 Å². The number of hydrogen-bond acceptors (Lipinski definition) is 2. The maximum atomic E-state index is 4.21. The molecule has 2 nitrogen and oxygen atoms in total. The first kappa shape index (κ1) is 20.3. The molecule has 5 aliphatic carbocycles. The zero-order valence-corrected chi connectivity index (χ0v) is 19.0. The largest absolute Gasteiger partial charge is 0.367 e. The molecule has 0 amide bonds. The van der Waals surface area contributed by atoms with Gasteiger partial charge in [-0.25, -0.2) is 0 Å². The van der Waals surface area contributed by atoms with Crippen molar-refractivity contribution in [1.82, 2.24) is 4.90 Å². The Bertz CT molecular complexity index is 1010. The third kappa shape index (κ3) is 4.13. The third-order valence-electron chi connectivity index (χ3n) is 7.48. The molecule has 0 radical (unpaired) electrons. The van der Waals surface area contributed by atoms with Crippen molar-refractivity contribution in [2.45, 2.75) is 26.7 Å². The Balaban J connectivity index is 1.45. The highest BCUT2D eigenvalue weighted by molar-refractivity contribution is 5.71. The Kier molecular flexibility index (Phi) is 5.56. The monoisotopic (exact) mass is 410 g/mol. The van der Waals surface area contributed by atoms with Gasteiger partial charge in [0.15, 0.2) is 0 Å². The summed E-state index contributed by atoms with van der Waals surface area (Å²) in [6, 6.07) is 0. The van der Waals surface area contributed by atoms with Crippen molar-refractivity contribution in [2.24, 2.45) is 34.6 Å². The van der Waals surface area contributed by atoms with Gasteiger partial charge in [-0.15, -0.1) is 0 Å². The zero-order chi connectivity index (χ0) is 21.4. The average molecular weight is 411 g/mol. The van der Waals surface area contributed by atoms with E-state index in [2.05, 4.69) is 90.6 Å². The normalized spacial score (nSPS) is 33.1. The van der Waals surface area contributed by atoms with Crippen LogP contribution in [0.25, 0.3) is 0 Å². The second-order valence-corrected chi connectivity index (χ2v) is 9.75. The Morgan fingerprint density at radius 2 is 1.97 bits per heavy atom. The lowest BCUT2D eigenvalue weighted by Crippen LogP contribution is -2.32. The predicted molar refractivity (Wildman–Crippen MR) is 132 cm³/mol. The second-order valence-electron chi connectivity index (χ2n) is 9.75. The van der Waals surface area contributed by atoms with E-state index in [-0.39, 0.29) is 0 Å². The fourth-order valence-electron chi connectivity index (χ4n) is 5.60. The number of nitrogens with zero attached hydrogens (tertiary/aromatic N) is 2. The summed E-state index contributed by atoms with van der Waals surface area (Å²) in [5.41, 5.74) is 7.60. The average Bonchev–Trinajstić information content (AvgIpc) is 3.56. The summed E-state index contributed by atoms with van der Waals surface area (Å²) in [7, 11) is 1.85. The van der Waals surface area contributed by atoms with E-state index in [4.69, 9.17) is 0 Å². The van der Waals surface area contributed by atoms with Gasteiger partial charge in [-0.05, 0) is 65.9 Å². The van der Waals surface area contributed by atoms with E-state index >= 15 is 0 Å². The topological polar surface area (TPSA) is 15.6 Å². The SMILES string of the molecule is CN=C/C=C(\C)N(CC1=CC=CC2C=CC=C[C@@H]12)CC1=C2C=C[C@@H](C)CC2=CC2C[C@H]12. The van der Waals surface area contributed by atoms with Crippen molar-refractivity contribution in [3.05, 3.63) is 94.8 Å². The molecule has 31 heavy (non-hydrogen) atoms. The lowest BCUT2D eigenvalue weighted by molar-refractivity contribution is 0.377. The molecule has 5 atom stereocenters. The van der Waals surface area contributed by atoms with Crippen LogP contribution < -0.4 is 0 Å². The molecule has 0 saturated heterocycles. The van der Waals surface area contributed by atoms with Crippen LogP contribution in [-0.2, 0) is 0 Å². The van der Waals surface area contributed by atoms with Gasteiger partial charge >= 0.3 is 0 Å². The van der Waals surface area contributed by atoms with Crippen LogP contribution >= 0.6 is 0 Å². The van der Waals surface area contributed by atoms with Crippen LogP contribution in [0.5, 0.6) is 0 Å². The standard InChI is InChI=1S/C29H34N2/c1-20-11-12-27-24(15-20)16-25-17-28(25)29(27)19-31(21(2)13-14-30-3)18-23-9-6-8-22-7-4-5-10-26(22)23/h4-14,16,20,22,25-26,28H,15,17-19H2,1-3H3/b21-13+,30-14?/t20-,22?,25?,26-,28+/m1/s1. The van der Waals surface area contributed by atoms with Crippen molar-refractivity contribution < 1.29 is 0 Å². The fourth-order valence-corrected chi connectivity index (χ4v) is 5.60. The molecule has 160 valence electrons. The van der Waals surface area contributed by atoms with Crippen LogP contribution in [0.3, 0.4) is 0 Å². The lowest BCUT2D eigenvalue weighted by Gasteiger charge is -2.35. The van der Waals surface area contributed by atoms with Crippen LogP contribution in [-0.4, -0.2) is 31.3 Å². The van der Waals surface area contributed by atoms with Gasteiger partial charge in [-0.1, -0.05) is 67.7 Å². The van der Waals surface area contributed by atoms with Crippen molar-refractivity contribution in [1.29, 1.82) is 0 Å². The van der Waals surface area contributed by atoms with Crippen LogP contribution in [0.4, 0.5) is 0 Å². The summed E-state index contributed by atoms with van der Waals surface area (Å²) < 4.78 is 0. The summed E-state index contributed by atoms with van der Waals surface area (Å²) in [6.45, 7) is 6.56. The summed E-state index contributed by atoms with van der Waals surface area (Å²) in [5.74, 6) is 3.16. The predicted octanol–water partition coefficient (Wildman–Crippen LogP) is 6.22. The summed E-state index contributed by atoms with van der Waals surface area (Å²) >= 11 is 0. The summed E-state index contributed by atoms with van der Waals surface area (Å²) in [6.07, 6.45) is 30.0. The van der Waals surface area contributed by atoms with Gasteiger partial charge in [0.25, 0.3) is 0 Å². The van der Waals surface area contributed by atoms with E-state index in [0.717, 1.165) is 24.9 Å². The molecule has 1 saturated carbocycles. The number of fused-ring (bicyclic) bond motifs is 3. The lowest BCUT2D eigenvalue weighted by atomic mass is 9.79. The molecule has 5 aliphatic rings. The van der Waals surface area contributed by atoms with Gasteiger partial charge in [0.1, 0.15) is 0 Å². The van der Waals surface area contributed by atoms with E-state index in [1.54, 1.807) is 11.1 Å².